The number of likely N-dealkylation sites (N-methyl/N-ethyl adjacent to an activating group) is 1. The van der Waals surface area contributed by atoms with Crippen LogP contribution < -0.4 is 5.73 Å². The van der Waals surface area contributed by atoms with Gasteiger partial charge in [0.05, 0.1) is 17.8 Å². The number of aryl methyl sites for hydroxylation is 2. The number of nitrogens with two attached hydrogens (primary N) is 1. The van der Waals surface area contributed by atoms with Crippen molar-refractivity contribution in [2.45, 2.75) is 45.2 Å². The van der Waals surface area contributed by atoms with E-state index in [2.05, 4.69) is 5.16 Å². The maximum Gasteiger partial charge on any atom is 0.242 e. The van der Waals surface area contributed by atoms with Gasteiger partial charge in [-0.1, -0.05) is 5.16 Å². The first-order valence-corrected chi connectivity index (χ1v) is 5.90. The molecule has 2 N–H and O–H groups in total. The predicted octanol–water partition coefficient (Wildman–Crippen LogP) is 1.13. The van der Waals surface area contributed by atoms with E-state index < -0.39 is 5.54 Å². The Morgan fingerprint density at radius 2 is 2.18 bits per heavy atom. The maximum atomic E-state index is 12.1. The van der Waals surface area contributed by atoms with Gasteiger partial charge in [-0.15, -0.1) is 0 Å². The molecule has 94 valence electrons. The molecule has 0 unspecified atom stereocenters. The van der Waals surface area contributed by atoms with Gasteiger partial charge in [-0.3, -0.25) is 4.79 Å². The SMILES string of the molecule is Cc1noc(C)c1CN(C)C(=O)C1(N)CCC1. The topological polar surface area (TPSA) is 72.4 Å². The number of nitrogens with zero attached hydrogens (tertiary/aromatic N) is 2. The third kappa shape index (κ3) is 2.07. The van der Waals surface area contributed by atoms with Gasteiger partial charge in [0, 0.05) is 12.6 Å². The highest BCUT2D eigenvalue weighted by Gasteiger charge is 2.41. The number of rotatable bonds is 3. The highest BCUT2D eigenvalue weighted by atomic mass is 16.5. The average molecular weight is 237 g/mol. The van der Waals surface area contributed by atoms with Crippen LogP contribution in [0.1, 0.15) is 36.3 Å². The number of hydrogen-bond acceptors (Lipinski definition) is 4. The molecule has 1 heterocycles. The molecule has 0 aliphatic heterocycles. The van der Waals surface area contributed by atoms with E-state index in [1.165, 1.54) is 0 Å². The zero-order chi connectivity index (χ0) is 12.6. The molecule has 0 atom stereocenters. The van der Waals surface area contributed by atoms with Gasteiger partial charge >= 0.3 is 0 Å². The molecular weight excluding hydrogens is 218 g/mol. The van der Waals surface area contributed by atoms with E-state index in [0.717, 1.165) is 36.3 Å². The summed E-state index contributed by atoms with van der Waals surface area (Å²) in [5.74, 6) is 0.783. The molecule has 0 spiro atoms. The quantitative estimate of drug-likeness (QED) is 0.855. The third-order valence-electron chi connectivity index (χ3n) is 3.59. The van der Waals surface area contributed by atoms with E-state index in [1.54, 1.807) is 11.9 Å². The molecule has 0 saturated heterocycles. The van der Waals surface area contributed by atoms with Gasteiger partial charge < -0.3 is 15.2 Å². The van der Waals surface area contributed by atoms with E-state index in [4.69, 9.17) is 10.3 Å². The number of amides is 1. The summed E-state index contributed by atoms with van der Waals surface area (Å²) in [5, 5.41) is 3.88. The van der Waals surface area contributed by atoms with Crippen molar-refractivity contribution in [3.8, 4) is 0 Å². The van der Waals surface area contributed by atoms with Crippen molar-refractivity contribution in [1.29, 1.82) is 0 Å². The number of aromatic nitrogens is 1. The fraction of sp³-hybridized carbons (Fsp3) is 0.667. The molecule has 0 radical (unpaired) electrons. The molecule has 1 aromatic rings. The van der Waals surface area contributed by atoms with Crippen molar-refractivity contribution < 1.29 is 9.32 Å². The van der Waals surface area contributed by atoms with Crippen molar-refractivity contribution in [1.82, 2.24) is 10.1 Å². The van der Waals surface area contributed by atoms with Crippen molar-refractivity contribution >= 4 is 5.91 Å². The van der Waals surface area contributed by atoms with Crippen LogP contribution in [0.25, 0.3) is 0 Å². The van der Waals surface area contributed by atoms with E-state index in [-0.39, 0.29) is 5.91 Å². The Balaban J connectivity index is 2.07. The monoisotopic (exact) mass is 237 g/mol. The molecule has 0 bridgehead atoms. The van der Waals surface area contributed by atoms with E-state index >= 15 is 0 Å². The smallest absolute Gasteiger partial charge is 0.242 e. The van der Waals surface area contributed by atoms with Crippen molar-refractivity contribution in [2.24, 2.45) is 5.73 Å². The first-order chi connectivity index (χ1) is 7.94. The zero-order valence-electron chi connectivity index (χ0n) is 10.6. The molecule has 17 heavy (non-hydrogen) atoms. The Morgan fingerprint density at radius 1 is 1.53 bits per heavy atom. The highest BCUT2D eigenvalue weighted by Crippen LogP contribution is 2.31. The molecule has 5 heteroatoms. The molecule has 1 aliphatic rings. The fourth-order valence-electron chi connectivity index (χ4n) is 2.19. The Kier molecular flexibility index (Phi) is 2.95. The summed E-state index contributed by atoms with van der Waals surface area (Å²) in [6, 6.07) is 0. The minimum atomic E-state index is -0.631. The minimum Gasteiger partial charge on any atom is -0.361 e. The van der Waals surface area contributed by atoms with Gasteiger partial charge in [-0.05, 0) is 33.1 Å². The lowest BCUT2D eigenvalue weighted by Crippen LogP contribution is -2.58. The second kappa shape index (κ2) is 4.14. The van der Waals surface area contributed by atoms with Crippen LogP contribution in [0.4, 0.5) is 0 Å². The number of hydrogen-bond donors (Lipinski definition) is 1. The molecular formula is C12H19N3O2. The lowest BCUT2D eigenvalue weighted by atomic mass is 9.76. The first-order valence-electron chi connectivity index (χ1n) is 5.90. The normalized spacial score (nSPS) is 17.6. The molecule has 1 aromatic heterocycles. The van der Waals surface area contributed by atoms with Crippen molar-refractivity contribution in [3.05, 3.63) is 17.0 Å². The lowest BCUT2D eigenvalue weighted by Gasteiger charge is -2.39. The largest absolute Gasteiger partial charge is 0.361 e. The van der Waals surface area contributed by atoms with Crippen LogP contribution in [-0.2, 0) is 11.3 Å². The van der Waals surface area contributed by atoms with Crippen LogP contribution in [0.2, 0.25) is 0 Å². The summed E-state index contributed by atoms with van der Waals surface area (Å²) in [7, 11) is 1.78. The van der Waals surface area contributed by atoms with Gasteiger partial charge in [-0.2, -0.15) is 0 Å². The maximum absolute atomic E-state index is 12.1. The Hall–Kier alpha value is -1.36. The molecule has 0 aromatic carbocycles. The van der Waals surface area contributed by atoms with Crippen LogP contribution in [0.15, 0.2) is 4.52 Å². The van der Waals surface area contributed by atoms with E-state index in [0.29, 0.717) is 6.54 Å². The zero-order valence-corrected chi connectivity index (χ0v) is 10.6. The summed E-state index contributed by atoms with van der Waals surface area (Å²) >= 11 is 0. The molecule has 1 amide bonds. The minimum absolute atomic E-state index is 0.0174. The van der Waals surface area contributed by atoms with Crippen LogP contribution in [0, 0.1) is 13.8 Å². The van der Waals surface area contributed by atoms with Gasteiger partial charge in [0.25, 0.3) is 0 Å². The fourth-order valence-corrected chi connectivity index (χ4v) is 2.19. The number of carbonyl (C=O) groups excluding carboxylic acids is 1. The van der Waals surface area contributed by atoms with Crippen LogP contribution in [-0.4, -0.2) is 28.6 Å². The van der Waals surface area contributed by atoms with Crippen LogP contribution >= 0.6 is 0 Å². The Morgan fingerprint density at radius 3 is 2.59 bits per heavy atom. The summed E-state index contributed by atoms with van der Waals surface area (Å²) in [6.07, 6.45) is 2.62. The van der Waals surface area contributed by atoms with Gasteiger partial charge in [0.15, 0.2) is 0 Å². The lowest BCUT2D eigenvalue weighted by molar-refractivity contribution is -0.139. The van der Waals surface area contributed by atoms with E-state index in [1.807, 2.05) is 13.8 Å². The van der Waals surface area contributed by atoms with E-state index in [9.17, 15) is 4.79 Å². The molecule has 1 fully saturated rings. The van der Waals surface area contributed by atoms with Gasteiger partial charge in [0.2, 0.25) is 5.91 Å². The van der Waals surface area contributed by atoms with Crippen LogP contribution in [0.3, 0.4) is 0 Å². The highest BCUT2D eigenvalue weighted by molar-refractivity contribution is 5.86. The predicted molar refractivity (Wildman–Crippen MR) is 63.2 cm³/mol. The van der Waals surface area contributed by atoms with Gasteiger partial charge in [-0.25, -0.2) is 0 Å². The molecule has 1 saturated carbocycles. The van der Waals surface area contributed by atoms with Crippen molar-refractivity contribution in [2.75, 3.05) is 7.05 Å². The average Bonchev–Trinajstić information content (AvgIpc) is 2.56. The summed E-state index contributed by atoms with van der Waals surface area (Å²) < 4.78 is 5.08. The molecule has 5 nitrogen and oxygen atoms in total. The first kappa shape index (κ1) is 12.1. The standard InChI is InChI=1S/C12H19N3O2/c1-8-10(9(2)17-14-8)7-15(3)11(16)12(13)5-4-6-12/h4-7,13H2,1-3H3. The summed E-state index contributed by atoms with van der Waals surface area (Å²) in [4.78, 5) is 13.8. The second-order valence-electron chi connectivity index (χ2n) is 4.97. The third-order valence-corrected chi connectivity index (χ3v) is 3.59. The van der Waals surface area contributed by atoms with Gasteiger partial charge in [0.1, 0.15) is 5.76 Å². The summed E-state index contributed by atoms with van der Waals surface area (Å²) in [6.45, 7) is 4.25. The van der Waals surface area contributed by atoms with Crippen LogP contribution in [0.5, 0.6) is 0 Å². The molecule has 2 rings (SSSR count). The summed E-state index contributed by atoms with van der Waals surface area (Å²) in [5.41, 5.74) is 7.20. The molecule has 1 aliphatic carbocycles. The number of carbonyl (C=O) groups is 1. The Bertz CT molecular complexity index is 415. The Labute approximate surface area is 101 Å². The van der Waals surface area contributed by atoms with Crippen molar-refractivity contribution in [3.63, 3.8) is 0 Å². The second-order valence-corrected chi connectivity index (χ2v) is 4.97.